The van der Waals surface area contributed by atoms with E-state index in [1.54, 1.807) is 18.2 Å². The Bertz CT molecular complexity index is 880. The van der Waals surface area contributed by atoms with E-state index in [2.05, 4.69) is 27.9 Å². The molecule has 120 valence electrons. The maximum absolute atomic E-state index is 12.6. The lowest BCUT2D eigenvalue weighted by molar-refractivity contribution is -0.384. The van der Waals surface area contributed by atoms with E-state index in [1.807, 2.05) is 24.3 Å². The molecule has 0 radical (unpaired) electrons. The van der Waals surface area contributed by atoms with Crippen LogP contribution < -0.4 is 10.2 Å². The monoisotopic (exact) mass is 451 g/mol. The van der Waals surface area contributed by atoms with Crippen LogP contribution in [0.2, 0.25) is 0 Å². The molecule has 0 bridgehead atoms. The first-order valence-corrected chi connectivity index (χ1v) is 8.31. The molecule has 0 aliphatic carbocycles. The van der Waals surface area contributed by atoms with Crippen LogP contribution in [0.4, 0.5) is 11.4 Å². The first-order chi connectivity index (χ1) is 11.5. The van der Waals surface area contributed by atoms with Crippen molar-refractivity contribution in [3.05, 3.63) is 73.5 Å². The molecule has 24 heavy (non-hydrogen) atoms. The highest BCUT2D eigenvalue weighted by Crippen LogP contribution is 2.24. The van der Waals surface area contributed by atoms with Gasteiger partial charge in [-0.05, 0) is 76.8 Å². The number of anilines is 1. The van der Waals surface area contributed by atoms with Gasteiger partial charge in [-0.3, -0.25) is 19.8 Å². The van der Waals surface area contributed by atoms with Crippen molar-refractivity contribution in [2.24, 2.45) is 0 Å². The number of halogens is 1. The van der Waals surface area contributed by atoms with Gasteiger partial charge in [-0.15, -0.1) is 0 Å². The zero-order valence-electron chi connectivity index (χ0n) is 12.1. The number of thiocarbonyl (C=S) groups is 1. The van der Waals surface area contributed by atoms with Crippen molar-refractivity contribution >= 4 is 63.3 Å². The van der Waals surface area contributed by atoms with Crippen LogP contribution in [-0.2, 0) is 4.79 Å². The van der Waals surface area contributed by atoms with Gasteiger partial charge in [-0.2, -0.15) is 0 Å². The largest absolute Gasteiger partial charge is 0.327 e. The zero-order chi connectivity index (χ0) is 17.3. The third-order valence-corrected chi connectivity index (χ3v) is 4.32. The summed E-state index contributed by atoms with van der Waals surface area (Å²) in [5.41, 5.74) is 1.69. The van der Waals surface area contributed by atoms with Crippen molar-refractivity contribution in [3.63, 3.8) is 0 Å². The van der Waals surface area contributed by atoms with E-state index in [4.69, 9.17) is 12.2 Å². The molecule has 0 atom stereocenters. The van der Waals surface area contributed by atoms with E-state index in [1.165, 1.54) is 17.0 Å². The quantitative estimate of drug-likeness (QED) is 0.255. The number of hydrogen-bond donors (Lipinski definition) is 1. The molecular weight excluding hydrogens is 441 g/mol. The summed E-state index contributed by atoms with van der Waals surface area (Å²) in [5.74, 6) is -0.264. The van der Waals surface area contributed by atoms with Crippen LogP contribution in [0.15, 0.2) is 54.2 Å². The molecule has 1 amide bonds. The van der Waals surface area contributed by atoms with Gasteiger partial charge in [-0.1, -0.05) is 6.07 Å². The molecule has 1 fully saturated rings. The molecule has 1 heterocycles. The van der Waals surface area contributed by atoms with Crippen molar-refractivity contribution in [3.8, 4) is 0 Å². The van der Waals surface area contributed by atoms with E-state index in [0.717, 1.165) is 3.57 Å². The number of nitrogens with zero attached hydrogens (tertiary/aromatic N) is 2. The van der Waals surface area contributed by atoms with E-state index in [-0.39, 0.29) is 11.6 Å². The fraction of sp³-hybridized carbons (Fsp3) is 0. The molecule has 1 N–H and O–H groups in total. The number of nitro groups is 1. The van der Waals surface area contributed by atoms with Crippen LogP contribution in [-0.4, -0.2) is 15.9 Å². The molecule has 1 aliphatic heterocycles. The van der Waals surface area contributed by atoms with Gasteiger partial charge in [-0.25, -0.2) is 0 Å². The molecule has 1 aliphatic rings. The normalized spacial score (nSPS) is 15.7. The Morgan fingerprint density at radius 2 is 1.92 bits per heavy atom. The van der Waals surface area contributed by atoms with E-state index < -0.39 is 4.92 Å². The minimum Gasteiger partial charge on any atom is -0.327 e. The van der Waals surface area contributed by atoms with Crippen LogP contribution in [0, 0.1) is 13.7 Å². The lowest BCUT2D eigenvalue weighted by Gasteiger charge is -2.14. The highest BCUT2D eigenvalue weighted by Gasteiger charge is 2.31. The summed E-state index contributed by atoms with van der Waals surface area (Å²) in [6.45, 7) is 0. The van der Waals surface area contributed by atoms with Crippen LogP contribution in [0.3, 0.4) is 0 Å². The average molecular weight is 451 g/mol. The first-order valence-electron chi connectivity index (χ1n) is 6.83. The molecule has 0 spiro atoms. The Labute approximate surface area is 156 Å². The smallest absolute Gasteiger partial charge is 0.281 e. The van der Waals surface area contributed by atoms with Gasteiger partial charge in [0.15, 0.2) is 5.11 Å². The summed E-state index contributed by atoms with van der Waals surface area (Å²) in [7, 11) is 0. The predicted octanol–water partition coefficient (Wildman–Crippen LogP) is 3.46. The van der Waals surface area contributed by atoms with Crippen molar-refractivity contribution in [2.75, 3.05) is 4.90 Å². The van der Waals surface area contributed by atoms with Crippen LogP contribution in [0.1, 0.15) is 5.56 Å². The lowest BCUT2D eigenvalue weighted by Crippen LogP contribution is -2.30. The number of non-ortho nitro benzene ring substituents is 1. The fourth-order valence-corrected chi connectivity index (χ4v) is 3.07. The minimum atomic E-state index is -0.468. The summed E-state index contributed by atoms with van der Waals surface area (Å²) in [5, 5.41) is 13.9. The summed E-state index contributed by atoms with van der Waals surface area (Å²) in [4.78, 5) is 24.2. The maximum Gasteiger partial charge on any atom is 0.281 e. The minimum absolute atomic E-state index is 0.00105. The number of rotatable bonds is 3. The number of hydrogen-bond acceptors (Lipinski definition) is 4. The Kier molecular flexibility index (Phi) is 4.58. The van der Waals surface area contributed by atoms with Gasteiger partial charge in [0.05, 0.1) is 10.6 Å². The fourth-order valence-electron chi connectivity index (χ4n) is 2.24. The molecule has 6 nitrogen and oxygen atoms in total. The standard InChI is InChI=1S/C16H10IN3O3S/c17-11-2-1-3-13(9-11)19-15(21)14(18-16(19)24)8-10-4-6-12(7-5-10)20(22)23/h1-9H,(H,18,24)/b14-8-. The van der Waals surface area contributed by atoms with Crippen molar-refractivity contribution in [1.82, 2.24) is 5.32 Å². The Morgan fingerprint density at radius 3 is 2.54 bits per heavy atom. The molecule has 0 unspecified atom stereocenters. The molecule has 0 saturated carbocycles. The Morgan fingerprint density at radius 1 is 1.21 bits per heavy atom. The summed E-state index contributed by atoms with van der Waals surface area (Å²) >= 11 is 7.42. The van der Waals surface area contributed by atoms with Gasteiger partial charge in [0.25, 0.3) is 11.6 Å². The van der Waals surface area contributed by atoms with Gasteiger partial charge in [0, 0.05) is 15.7 Å². The Balaban J connectivity index is 1.89. The van der Waals surface area contributed by atoms with E-state index in [0.29, 0.717) is 22.1 Å². The second-order valence-electron chi connectivity index (χ2n) is 4.96. The van der Waals surface area contributed by atoms with Gasteiger partial charge in [0.2, 0.25) is 0 Å². The second kappa shape index (κ2) is 6.65. The topological polar surface area (TPSA) is 75.5 Å². The van der Waals surface area contributed by atoms with Crippen molar-refractivity contribution in [2.45, 2.75) is 0 Å². The highest BCUT2D eigenvalue weighted by molar-refractivity contribution is 14.1. The lowest BCUT2D eigenvalue weighted by atomic mass is 10.1. The third-order valence-electron chi connectivity index (χ3n) is 3.36. The number of nitro benzene ring substituents is 1. The zero-order valence-corrected chi connectivity index (χ0v) is 15.1. The number of benzene rings is 2. The molecule has 8 heteroatoms. The molecule has 1 saturated heterocycles. The average Bonchev–Trinajstić information content (AvgIpc) is 2.82. The first kappa shape index (κ1) is 16.5. The molecule has 3 rings (SSSR count). The highest BCUT2D eigenvalue weighted by atomic mass is 127. The van der Waals surface area contributed by atoms with Crippen LogP contribution in [0.25, 0.3) is 6.08 Å². The molecular formula is C16H10IN3O3S. The van der Waals surface area contributed by atoms with Gasteiger partial charge < -0.3 is 5.32 Å². The summed E-state index contributed by atoms with van der Waals surface area (Å²) < 4.78 is 0.994. The van der Waals surface area contributed by atoms with Crippen molar-refractivity contribution in [1.29, 1.82) is 0 Å². The molecule has 0 aromatic heterocycles. The van der Waals surface area contributed by atoms with E-state index in [9.17, 15) is 14.9 Å². The number of nitrogens with one attached hydrogen (secondary N) is 1. The maximum atomic E-state index is 12.6. The van der Waals surface area contributed by atoms with Crippen LogP contribution in [0.5, 0.6) is 0 Å². The second-order valence-corrected chi connectivity index (χ2v) is 6.59. The molecule has 2 aromatic rings. The summed E-state index contributed by atoms with van der Waals surface area (Å²) in [6.07, 6.45) is 1.62. The Hall–Kier alpha value is -2.33. The van der Waals surface area contributed by atoms with Gasteiger partial charge >= 0.3 is 0 Å². The number of carbonyl (C=O) groups is 1. The number of amides is 1. The number of carbonyl (C=O) groups excluding carboxylic acids is 1. The van der Waals surface area contributed by atoms with Crippen molar-refractivity contribution < 1.29 is 9.72 Å². The predicted molar refractivity (Wildman–Crippen MR) is 103 cm³/mol. The third kappa shape index (κ3) is 3.29. The molecule has 2 aromatic carbocycles. The van der Waals surface area contributed by atoms with Crippen LogP contribution >= 0.6 is 34.8 Å². The van der Waals surface area contributed by atoms with Gasteiger partial charge in [0.1, 0.15) is 5.70 Å². The van der Waals surface area contributed by atoms with E-state index >= 15 is 0 Å². The summed E-state index contributed by atoms with van der Waals surface area (Å²) in [6, 6.07) is 13.4. The SMILES string of the molecule is O=C1/C(=C/c2ccc([N+](=O)[O-])cc2)NC(=S)N1c1cccc(I)c1.